The molecule has 1 aromatic heterocycles. The molecule has 19 heavy (non-hydrogen) atoms. The summed E-state index contributed by atoms with van der Waals surface area (Å²) >= 11 is 0. The number of rotatable bonds is 4. The molecular weight excluding hydrogens is 240 g/mol. The molecule has 0 bridgehead atoms. The van der Waals surface area contributed by atoms with Crippen LogP contribution in [0.1, 0.15) is 48.4 Å². The van der Waals surface area contributed by atoms with Gasteiger partial charge in [0.2, 0.25) is 0 Å². The quantitative estimate of drug-likeness (QED) is 0.914. The molecule has 3 rings (SSSR count). The van der Waals surface area contributed by atoms with Crippen molar-refractivity contribution in [3.8, 4) is 0 Å². The van der Waals surface area contributed by atoms with Crippen LogP contribution in [-0.2, 0) is 0 Å². The molecule has 2 aromatic rings. The molecule has 1 saturated carbocycles. The lowest BCUT2D eigenvalue weighted by atomic mass is 10.1. The second kappa shape index (κ2) is 4.37. The third-order valence-electron chi connectivity index (χ3n) is 3.92. The van der Waals surface area contributed by atoms with Gasteiger partial charge in [-0.2, -0.15) is 0 Å². The van der Waals surface area contributed by atoms with Crippen molar-refractivity contribution in [1.82, 2.24) is 9.55 Å². The summed E-state index contributed by atoms with van der Waals surface area (Å²) in [6.45, 7) is 4.18. The van der Waals surface area contributed by atoms with Gasteiger partial charge in [-0.1, -0.05) is 12.8 Å². The van der Waals surface area contributed by atoms with Gasteiger partial charge in [0.05, 0.1) is 16.6 Å². The van der Waals surface area contributed by atoms with Crippen LogP contribution in [0.25, 0.3) is 11.0 Å². The van der Waals surface area contributed by atoms with Crippen LogP contribution in [0.2, 0.25) is 0 Å². The van der Waals surface area contributed by atoms with Crippen molar-refractivity contribution in [2.45, 2.75) is 39.2 Å². The van der Waals surface area contributed by atoms with Gasteiger partial charge in [-0.05, 0) is 44.4 Å². The minimum Gasteiger partial charge on any atom is -0.478 e. The van der Waals surface area contributed by atoms with Gasteiger partial charge in [0.15, 0.2) is 0 Å². The molecule has 0 aliphatic heterocycles. The van der Waals surface area contributed by atoms with E-state index in [1.54, 1.807) is 18.2 Å². The van der Waals surface area contributed by atoms with Gasteiger partial charge in [-0.25, -0.2) is 9.78 Å². The highest BCUT2D eigenvalue weighted by atomic mass is 16.4. The Kier molecular flexibility index (Phi) is 2.81. The maximum Gasteiger partial charge on any atom is 0.335 e. The number of carboxylic acid groups (broad SMARTS) is 1. The Morgan fingerprint density at radius 2 is 2.26 bits per heavy atom. The van der Waals surface area contributed by atoms with E-state index in [-0.39, 0.29) is 0 Å². The summed E-state index contributed by atoms with van der Waals surface area (Å²) in [6, 6.07) is 5.53. The van der Waals surface area contributed by atoms with Gasteiger partial charge >= 0.3 is 5.97 Å². The molecule has 0 amide bonds. The number of aryl methyl sites for hydroxylation is 1. The predicted octanol–water partition coefficient (Wildman–Crippen LogP) is 3.40. The molecule has 1 heterocycles. The van der Waals surface area contributed by atoms with Crippen molar-refractivity contribution in [2.24, 2.45) is 5.92 Å². The van der Waals surface area contributed by atoms with Crippen LogP contribution in [-0.4, -0.2) is 20.6 Å². The first-order valence-corrected chi connectivity index (χ1v) is 6.78. The summed E-state index contributed by atoms with van der Waals surface area (Å²) in [4.78, 5) is 15.6. The van der Waals surface area contributed by atoms with E-state index in [4.69, 9.17) is 5.11 Å². The summed E-state index contributed by atoms with van der Waals surface area (Å²) in [5.74, 6) is 0.919. The summed E-state index contributed by atoms with van der Waals surface area (Å²) in [5.41, 5.74) is 2.14. The van der Waals surface area contributed by atoms with E-state index < -0.39 is 5.97 Å². The molecule has 4 heteroatoms. The normalized spacial score (nSPS) is 16.7. The molecule has 0 saturated heterocycles. The number of fused-ring (bicyclic) bond motifs is 1. The second-order valence-electron chi connectivity index (χ2n) is 5.57. The van der Waals surface area contributed by atoms with Crippen molar-refractivity contribution in [1.29, 1.82) is 0 Å². The molecule has 0 spiro atoms. The predicted molar refractivity (Wildman–Crippen MR) is 73.5 cm³/mol. The zero-order valence-corrected chi connectivity index (χ0v) is 11.3. The van der Waals surface area contributed by atoms with Crippen molar-refractivity contribution in [3.05, 3.63) is 29.6 Å². The summed E-state index contributed by atoms with van der Waals surface area (Å²) < 4.78 is 2.18. The highest BCUT2D eigenvalue weighted by Crippen LogP contribution is 2.38. The Morgan fingerprint density at radius 3 is 2.89 bits per heavy atom. The largest absolute Gasteiger partial charge is 0.478 e. The average Bonchev–Trinajstić information content (AvgIpc) is 3.08. The van der Waals surface area contributed by atoms with E-state index in [2.05, 4.69) is 16.5 Å². The van der Waals surface area contributed by atoms with Crippen LogP contribution >= 0.6 is 0 Å². The number of benzene rings is 1. The first-order chi connectivity index (χ1) is 9.06. The number of aromatic carboxylic acids is 1. The maximum atomic E-state index is 11.1. The van der Waals surface area contributed by atoms with E-state index in [0.29, 0.717) is 11.6 Å². The average molecular weight is 258 g/mol. The van der Waals surface area contributed by atoms with Gasteiger partial charge in [-0.15, -0.1) is 0 Å². The fraction of sp³-hybridized carbons (Fsp3) is 0.467. The van der Waals surface area contributed by atoms with Gasteiger partial charge < -0.3 is 9.67 Å². The van der Waals surface area contributed by atoms with Crippen LogP contribution in [0.15, 0.2) is 18.2 Å². The fourth-order valence-electron chi connectivity index (χ4n) is 2.84. The SMILES string of the molecule is Cc1nc2ccc(C(=O)O)cc2n1C(C)CC1CC1. The van der Waals surface area contributed by atoms with Gasteiger partial charge in [0, 0.05) is 6.04 Å². The number of aromatic nitrogens is 2. The maximum absolute atomic E-state index is 11.1. The minimum atomic E-state index is -0.887. The molecule has 1 fully saturated rings. The molecule has 1 unspecified atom stereocenters. The minimum absolute atomic E-state index is 0.326. The van der Waals surface area contributed by atoms with Crippen LogP contribution in [0.4, 0.5) is 0 Å². The zero-order valence-electron chi connectivity index (χ0n) is 11.3. The second-order valence-corrected chi connectivity index (χ2v) is 5.57. The summed E-state index contributed by atoms with van der Waals surface area (Å²) in [5, 5.41) is 9.11. The van der Waals surface area contributed by atoms with Crippen LogP contribution in [0.3, 0.4) is 0 Å². The lowest BCUT2D eigenvalue weighted by Gasteiger charge is -2.16. The smallest absolute Gasteiger partial charge is 0.335 e. The van der Waals surface area contributed by atoms with Crippen LogP contribution < -0.4 is 0 Å². The van der Waals surface area contributed by atoms with Gasteiger partial charge in [0.1, 0.15) is 5.82 Å². The van der Waals surface area contributed by atoms with E-state index >= 15 is 0 Å². The number of carboxylic acids is 1. The van der Waals surface area contributed by atoms with Gasteiger partial charge in [0.25, 0.3) is 0 Å². The highest BCUT2D eigenvalue weighted by Gasteiger charge is 2.25. The molecule has 1 atom stereocenters. The van der Waals surface area contributed by atoms with Gasteiger partial charge in [-0.3, -0.25) is 0 Å². The molecular formula is C15H18N2O2. The van der Waals surface area contributed by atoms with E-state index in [1.807, 2.05) is 6.92 Å². The highest BCUT2D eigenvalue weighted by molar-refractivity contribution is 5.92. The third kappa shape index (κ3) is 2.23. The number of imidazole rings is 1. The van der Waals surface area contributed by atoms with Crippen LogP contribution in [0, 0.1) is 12.8 Å². The Hall–Kier alpha value is -1.84. The fourth-order valence-corrected chi connectivity index (χ4v) is 2.84. The van der Waals surface area contributed by atoms with Crippen molar-refractivity contribution in [3.63, 3.8) is 0 Å². The van der Waals surface area contributed by atoms with Crippen molar-refractivity contribution >= 4 is 17.0 Å². The first-order valence-electron chi connectivity index (χ1n) is 6.78. The molecule has 1 aliphatic carbocycles. The van der Waals surface area contributed by atoms with E-state index in [9.17, 15) is 4.79 Å². The zero-order chi connectivity index (χ0) is 13.6. The number of hydrogen-bond acceptors (Lipinski definition) is 2. The first kappa shape index (κ1) is 12.2. The molecule has 1 aromatic carbocycles. The Labute approximate surface area is 112 Å². The monoisotopic (exact) mass is 258 g/mol. The van der Waals surface area contributed by atoms with E-state index in [1.165, 1.54) is 12.8 Å². The van der Waals surface area contributed by atoms with Crippen LogP contribution in [0.5, 0.6) is 0 Å². The molecule has 1 N–H and O–H groups in total. The lowest BCUT2D eigenvalue weighted by Crippen LogP contribution is -2.08. The molecule has 4 nitrogen and oxygen atoms in total. The Morgan fingerprint density at radius 1 is 1.53 bits per heavy atom. The molecule has 0 radical (unpaired) electrons. The Balaban J connectivity index is 2.07. The third-order valence-corrected chi connectivity index (χ3v) is 3.92. The standard InChI is InChI=1S/C15H18N2O2/c1-9(7-11-3-4-11)17-10(2)16-13-6-5-12(15(18)19)8-14(13)17/h5-6,8-9,11H,3-4,7H2,1-2H3,(H,18,19). The van der Waals surface area contributed by atoms with Crippen molar-refractivity contribution < 1.29 is 9.90 Å². The molecule has 1 aliphatic rings. The summed E-state index contributed by atoms with van der Waals surface area (Å²) in [7, 11) is 0. The number of nitrogens with zero attached hydrogens (tertiary/aromatic N) is 2. The molecule has 100 valence electrons. The number of hydrogen-bond donors (Lipinski definition) is 1. The topological polar surface area (TPSA) is 55.1 Å². The summed E-state index contributed by atoms with van der Waals surface area (Å²) in [6.07, 6.45) is 3.82. The Bertz CT molecular complexity index is 641. The lowest BCUT2D eigenvalue weighted by molar-refractivity contribution is 0.0697. The van der Waals surface area contributed by atoms with E-state index in [0.717, 1.165) is 29.2 Å². The van der Waals surface area contributed by atoms with Crippen molar-refractivity contribution in [2.75, 3.05) is 0 Å². The number of carbonyl (C=O) groups is 1.